The van der Waals surface area contributed by atoms with E-state index >= 15 is 0 Å². The number of benzene rings is 1. The van der Waals surface area contributed by atoms with Crippen LogP contribution in [-0.4, -0.2) is 46.0 Å². The molecule has 1 fully saturated rings. The molecule has 20 heavy (non-hydrogen) atoms. The molecule has 112 valence electrons. The molecule has 0 atom stereocenters. The Hall–Kier alpha value is -0.630. The zero-order chi connectivity index (χ0) is 14.8. The topological polar surface area (TPSA) is 58.6 Å². The van der Waals surface area contributed by atoms with E-state index < -0.39 is 10.0 Å². The SMILES string of the molecule is COc1ccc(Br)c(S(=O)(=O)N(C)C2CCNCC2)c1. The summed E-state index contributed by atoms with van der Waals surface area (Å²) in [7, 11) is -0.349. The van der Waals surface area contributed by atoms with Gasteiger partial charge in [0, 0.05) is 23.6 Å². The van der Waals surface area contributed by atoms with E-state index in [9.17, 15) is 8.42 Å². The highest BCUT2D eigenvalue weighted by Gasteiger charge is 2.30. The molecule has 1 heterocycles. The molecule has 0 bridgehead atoms. The van der Waals surface area contributed by atoms with Gasteiger partial charge in [0.05, 0.1) is 7.11 Å². The van der Waals surface area contributed by atoms with Crippen molar-refractivity contribution in [2.45, 2.75) is 23.8 Å². The van der Waals surface area contributed by atoms with E-state index in [0.717, 1.165) is 25.9 Å². The average Bonchev–Trinajstić information content (AvgIpc) is 2.47. The lowest BCUT2D eigenvalue weighted by Crippen LogP contribution is -2.43. The number of ether oxygens (including phenoxy) is 1. The summed E-state index contributed by atoms with van der Waals surface area (Å²) in [6.45, 7) is 1.70. The minimum atomic E-state index is -3.52. The molecule has 1 N–H and O–H groups in total. The van der Waals surface area contributed by atoms with Crippen molar-refractivity contribution in [3.8, 4) is 5.75 Å². The van der Waals surface area contributed by atoms with Gasteiger partial charge < -0.3 is 10.1 Å². The van der Waals surface area contributed by atoms with Gasteiger partial charge in [-0.3, -0.25) is 0 Å². The number of sulfonamides is 1. The van der Waals surface area contributed by atoms with Crippen molar-refractivity contribution < 1.29 is 13.2 Å². The first-order valence-electron chi connectivity index (χ1n) is 6.49. The Kier molecular flexibility index (Phi) is 5.06. The number of piperidine rings is 1. The number of methoxy groups -OCH3 is 1. The van der Waals surface area contributed by atoms with Crippen LogP contribution in [0.15, 0.2) is 27.6 Å². The average molecular weight is 363 g/mol. The quantitative estimate of drug-likeness (QED) is 0.887. The van der Waals surface area contributed by atoms with E-state index in [1.165, 1.54) is 11.4 Å². The predicted octanol–water partition coefficient (Wildman–Crippen LogP) is 1.83. The molecule has 0 aromatic heterocycles. The lowest BCUT2D eigenvalue weighted by Gasteiger charge is -2.31. The van der Waals surface area contributed by atoms with Crippen LogP contribution in [0.1, 0.15) is 12.8 Å². The van der Waals surface area contributed by atoms with Gasteiger partial charge in [0.15, 0.2) is 0 Å². The number of nitrogens with zero attached hydrogens (tertiary/aromatic N) is 1. The molecule has 1 aromatic carbocycles. The fourth-order valence-electron chi connectivity index (χ4n) is 2.33. The van der Waals surface area contributed by atoms with Crippen molar-refractivity contribution in [1.82, 2.24) is 9.62 Å². The highest BCUT2D eigenvalue weighted by Crippen LogP contribution is 2.30. The van der Waals surface area contributed by atoms with Crippen LogP contribution in [0.3, 0.4) is 0 Å². The first-order chi connectivity index (χ1) is 9.46. The molecule has 0 unspecified atom stereocenters. The van der Waals surface area contributed by atoms with E-state index in [-0.39, 0.29) is 10.9 Å². The molecule has 0 aliphatic carbocycles. The monoisotopic (exact) mass is 362 g/mol. The van der Waals surface area contributed by atoms with Crippen LogP contribution in [0.25, 0.3) is 0 Å². The molecule has 1 aliphatic rings. The Morgan fingerprint density at radius 3 is 2.60 bits per heavy atom. The van der Waals surface area contributed by atoms with Crippen molar-refractivity contribution in [2.24, 2.45) is 0 Å². The molecular weight excluding hydrogens is 344 g/mol. The van der Waals surface area contributed by atoms with Gasteiger partial charge in [0.25, 0.3) is 0 Å². The largest absolute Gasteiger partial charge is 0.497 e. The van der Waals surface area contributed by atoms with Gasteiger partial charge in [-0.2, -0.15) is 4.31 Å². The third kappa shape index (κ3) is 3.16. The first-order valence-corrected chi connectivity index (χ1v) is 8.72. The summed E-state index contributed by atoms with van der Waals surface area (Å²) < 4.78 is 32.6. The van der Waals surface area contributed by atoms with Crippen LogP contribution in [0, 0.1) is 0 Å². The number of halogens is 1. The lowest BCUT2D eigenvalue weighted by atomic mass is 10.1. The van der Waals surface area contributed by atoms with Crippen LogP contribution in [0.2, 0.25) is 0 Å². The van der Waals surface area contributed by atoms with Gasteiger partial charge in [0.1, 0.15) is 10.6 Å². The van der Waals surface area contributed by atoms with E-state index in [4.69, 9.17) is 4.74 Å². The Morgan fingerprint density at radius 1 is 1.35 bits per heavy atom. The van der Waals surface area contributed by atoms with Gasteiger partial charge in [-0.15, -0.1) is 0 Å². The van der Waals surface area contributed by atoms with Crippen LogP contribution in [0.5, 0.6) is 5.75 Å². The summed E-state index contributed by atoms with van der Waals surface area (Å²) in [5.41, 5.74) is 0. The summed E-state index contributed by atoms with van der Waals surface area (Å²) >= 11 is 3.31. The zero-order valence-corrected chi connectivity index (χ0v) is 14.0. The fourth-order valence-corrected chi connectivity index (χ4v) is 4.68. The highest BCUT2D eigenvalue weighted by molar-refractivity contribution is 9.10. The molecule has 5 nitrogen and oxygen atoms in total. The highest BCUT2D eigenvalue weighted by atomic mass is 79.9. The molecule has 0 spiro atoms. The van der Waals surface area contributed by atoms with Gasteiger partial charge >= 0.3 is 0 Å². The smallest absolute Gasteiger partial charge is 0.244 e. The second-order valence-electron chi connectivity index (χ2n) is 4.80. The maximum Gasteiger partial charge on any atom is 0.244 e. The maximum atomic E-state index is 12.7. The van der Waals surface area contributed by atoms with Gasteiger partial charge in [0.2, 0.25) is 10.0 Å². The number of rotatable bonds is 4. The zero-order valence-electron chi connectivity index (χ0n) is 11.6. The van der Waals surface area contributed by atoms with Crippen LogP contribution < -0.4 is 10.1 Å². The van der Waals surface area contributed by atoms with E-state index in [1.54, 1.807) is 25.2 Å². The summed E-state index contributed by atoms with van der Waals surface area (Å²) in [5, 5.41) is 3.24. The van der Waals surface area contributed by atoms with Crippen molar-refractivity contribution in [3.63, 3.8) is 0 Å². The Balaban J connectivity index is 2.33. The number of hydrogen-bond acceptors (Lipinski definition) is 4. The third-order valence-electron chi connectivity index (χ3n) is 3.62. The fraction of sp³-hybridized carbons (Fsp3) is 0.538. The molecule has 2 rings (SSSR count). The van der Waals surface area contributed by atoms with Crippen molar-refractivity contribution in [2.75, 3.05) is 27.2 Å². The molecule has 1 aliphatic heterocycles. The lowest BCUT2D eigenvalue weighted by molar-refractivity contribution is 0.296. The van der Waals surface area contributed by atoms with E-state index in [0.29, 0.717) is 10.2 Å². The summed E-state index contributed by atoms with van der Waals surface area (Å²) in [5.74, 6) is 0.533. The normalized spacial score (nSPS) is 17.4. The molecule has 1 aromatic rings. The van der Waals surface area contributed by atoms with Crippen LogP contribution in [0.4, 0.5) is 0 Å². The second-order valence-corrected chi connectivity index (χ2v) is 7.62. The number of hydrogen-bond donors (Lipinski definition) is 1. The summed E-state index contributed by atoms with van der Waals surface area (Å²) in [6, 6.07) is 5.02. The second kappa shape index (κ2) is 6.43. The summed E-state index contributed by atoms with van der Waals surface area (Å²) in [6.07, 6.45) is 1.66. The Labute approximate surface area is 128 Å². The molecular formula is C13H19BrN2O3S. The Bertz CT molecular complexity index is 571. The minimum absolute atomic E-state index is 0.0411. The van der Waals surface area contributed by atoms with Gasteiger partial charge in [-0.25, -0.2) is 8.42 Å². The van der Waals surface area contributed by atoms with Crippen LogP contribution in [-0.2, 0) is 10.0 Å². The standard InChI is InChI=1S/C13H19BrN2O3S/c1-16(10-5-7-15-8-6-10)20(17,18)13-9-11(19-2)3-4-12(13)14/h3-4,9-10,15H,5-8H2,1-2H3. The van der Waals surface area contributed by atoms with Crippen molar-refractivity contribution in [3.05, 3.63) is 22.7 Å². The molecule has 7 heteroatoms. The number of nitrogens with one attached hydrogen (secondary N) is 1. The van der Waals surface area contributed by atoms with Crippen molar-refractivity contribution >= 4 is 26.0 Å². The van der Waals surface area contributed by atoms with Crippen LogP contribution >= 0.6 is 15.9 Å². The summed E-state index contributed by atoms with van der Waals surface area (Å²) in [4.78, 5) is 0.248. The third-order valence-corrected chi connectivity index (χ3v) is 6.52. The predicted molar refractivity (Wildman–Crippen MR) is 81.5 cm³/mol. The minimum Gasteiger partial charge on any atom is -0.497 e. The molecule has 0 radical (unpaired) electrons. The molecule has 0 amide bonds. The first kappa shape index (κ1) is 15.8. The van der Waals surface area contributed by atoms with E-state index in [2.05, 4.69) is 21.2 Å². The van der Waals surface area contributed by atoms with Crippen molar-refractivity contribution in [1.29, 1.82) is 0 Å². The molecule has 0 saturated carbocycles. The van der Waals surface area contributed by atoms with Gasteiger partial charge in [-0.05, 0) is 54.0 Å². The maximum absolute atomic E-state index is 12.7. The van der Waals surface area contributed by atoms with Gasteiger partial charge in [-0.1, -0.05) is 0 Å². The molecule has 1 saturated heterocycles. The Morgan fingerprint density at radius 2 is 2.00 bits per heavy atom. The van der Waals surface area contributed by atoms with E-state index in [1.807, 2.05) is 0 Å².